The van der Waals surface area contributed by atoms with Gasteiger partial charge in [-0.3, -0.25) is 19.4 Å². The van der Waals surface area contributed by atoms with Crippen LogP contribution >= 0.6 is 0 Å². The van der Waals surface area contributed by atoms with Crippen molar-refractivity contribution in [3.05, 3.63) is 24.0 Å². The molecule has 1 aliphatic heterocycles. The average Bonchev–Trinajstić information content (AvgIpc) is 3.09. The first-order valence-corrected chi connectivity index (χ1v) is 11.1. The van der Waals surface area contributed by atoms with Crippen molar-refractivity contribution in [2.75, 3.05) is 13.7 Å². The summed E-state index contributed by atoms with van der Waals surface area (Å²) >= 11 is 0. The quantitative estimate of drug-likeness (QED) is 0.674. The molecule has 3 amide bonds. The normalized spacial score (nSPS) is 24.7. The molecular weight excluding hydrogens is 422 g/mol. The molecule has 1 saturated heterocycles. The Morgan fingerprint density at radius 2 is 1.94 bits per heavy atom. The smallest absolute Gasteiger partial charge is 0.246 e. The summed E-state index contributed by atoms with van der Waals surface area (Å²) in [6, 6.07) is 1.33. The fraction of sp³-hybridized carbons (Fsp3) is 0.625. The van der Waals surface area contributed by atoms with E-state index in [9.17, 15) is 19.6 Å². The Balaban J connectivity index is 1.87. The van der Waals surface area contributed by atoms with Crippen LogP contribution in [0.15, 0.2) is 18.5 Å². The lowest BCUT2D eigenvalue weighted by atomic mass is 9.85. The number of methoxy groups -OCH3 is 1. The number of pyridine rings is 1. The van der Waals surface area contributed by atoms with Crippen molar-refractivity contribution in [2.45, 2.75) is 59.7 Å². The van der Waals surface area contributed by atoms with Crippen LogP contribution in [0.25, 0.3) is 0 Å². The molecule has 9 nitrogen and oxygen atoms in total. The molecule has 5 atom stereocenters. The van der Waals surface area contributed by atoms with Gasteiger partial charge in [0, 0.05) is 25.2 Å². The van der Waals surface area contributed by atoms with E-state index in [4.69, 9.17) is 4.74 Å². The van der Waals surface area contributed by atoms with Crippen LogP contribution < -0.4 is 15.4 Å². The lowest BCUT2D eigenvalue weighted by Crippen LogP contribution is -2.59. The third kappa shape index (κ3) is 4.65. The van der Waals surface area contributed by atoms with Crippen LogP contribution in [0.4, 0.5) is 0 Å². The summed E-state index contributed by atoms with van der Waals surface area (Å²) in [5.41, 5.74) is -0.115. The van der Waals surface area contributed by atoms with Crippen molar-refractivity contribution in [3.63, 3.8) is 0 Å². The molecular formula is C24H33N5O4. The van der Waals surface area contributed by atoms with Gasteiger partial charge in [0.1, 0.15) is 23.9 Å². The minimum absolute atomic E-state index is 0.0119. The second-order valence-corrected chi connectivity index (χ2v) is 10.6. The number of carbonyl (C=O) groups excluding carboxylic acids is 3. The number of hydrogen-bond donors (Lipinski definition) is 2. The summed E-state index contributed by atoms with van der Waals surface area (Å²) in [4.78, 5) is 44.5. The maximum Gasteiger partial charge on any atom is 0.246 e. The first-order chi connectivity index (χ1) is 15.3. The van der Waals surface area contributed by atoms with E-state index in [1.165, 1.54) is 26.4 Å². The number of likely N-dealkylation sites (tertiary alicyclic amines) is 1. The fourth-order valence-electron chi connectivity index (χ4n) is 4.95. The summed E-state index contributed by atoms with van der Waals surface area (Å²) in [7, 11) is 1.50. The van der Waals surface area contributed by atoms with Crippen molar-refractivity contribution in [1.29, 1.82) is 5.26 Å². The summed E-state index contributed by atoms with van der Waals surface area (Å²) in [6.07, 6.45) is 3.02. The van der Waals surface area contributed by atoms with Gasteiger partial charge in [0.2, 0.25) is 17.7 Å². The first-order valence-electron chi connectivity index (χ1n) is 11.1. The molecule has 0 radical (unpaired) electrons. The number of rotatable bonds is 6. The van der Waals surface area contributed by atoms with Gasteiger partial charge in [0.25, 0.3) is 0 Å². The number of nitrogens with one attached hydrogen (secondary N) is 2. The van der Waals surface area contributed by atoms with Crippen LogP contribution in [-0.2, 0) is 14.4 Å². The van der Waals surface area contributed by atoms with Crippen molar-refractivity contribution >= 4 is 17.7 Å². The van der Waals surface area contributed by atoms with E-state index in [-0.39, 0.29) is 35.0 Å². The molecule has 3 rings (SSSR count). The second-order valence-electron chi connectivity index (χ2n) is 10.6. The maximum absolute atomic E-state index is 13.6. The van der Waals surface area contributed by atoms with Crippen molar-refractivity contribution in [2.24, 2.45) is 22.7 Å². The number of nitrogens with zero attached hydrogens (tertiary/aromatic N) is 3. The highest BCUT2D eigenvalue weighted by molar-refractivity contribution is 5.94. The van der Waals surface area contributed by atoms with Gasteiger partial charge in [-0.1, -0.05) is 34.6 Å². The first kappa shape index (κ1) is 24.5. The molecule has 2 aliphatic rings. The van der Waals surface area contributed by atoms with Crippen LogP contribution in [-0.4, -0.2) is 53.3 Å². The van der Waals surface area contributed by atoms with Gasteiger partial charge in [0.05, 0.1) is 19.4 Å². The lowest BCUT2D eigenvalue weighted by molar-refractivity contribution is -0.145. The number of aromatic nitrogens is 1. The summed E-state index contributed by atoms with van der Waals surface area (Å²) < 4.78 is 5.17. The molecule has 2 N–H and O–H groups in total. The van der Waals surface area contributed by atoms with Crippen LogP contribution in [0.5, 0.6) is 5.75 Å². The maximum atomic E-state index is 13.6. The zero-order chi connectivity index (χ0) is 24.7. The number of nitriles is 1. The van der Waals surface area contributed by atoms with Gasteiger partial charge in [-0.15, -0.1) is 0 Å². The van der Waals surface area contributed by atoms with Gasteiger partial charge < -0.3 is 20.3 Å². The van der Waals surface area contributed by atoms with E-state index in [2.05, 4.69) is 35.5 Å². The van der Waals surface area contributed by atoms with Gasteiger partial charge in [-0.2, -0.15) is 5.26 Å². The Bertz CT molecular complexity index is 993. The largest absolute Gasteiger partial charge is 0.495 e. The molecule has 178 valence electrons. The molecule has 33 heavy (non-hydrogen) atoms. The van der Waals surface area contributed by atoms with Gasteiger partial charge in [-0.05, 0) is 28.7 Å². The predicted molar refractivity (Wildman–Crippen MR) is 121 cm³/mol. The highest BCUT2D eigenvalue weighted by Crippen LogP contribution is 2.65. The van der Waals surface area contributed by atoms with Gasteiger partial charge >= 0.3 is 0 Å². The molecule has 1 aliphatic carbocycles. The van der Waals surface area contributed by atoms with E-state index < -0.39 is 23.5 Å². The Morgan fingerprint density at radius 3 is 2.48 bits per heavy atom. The van der Waals surface area contributed by atoms with E-state index in [1.54, 1.807) is 11.0 Å². The Hall–Kier alpha value is -3.15. The number of hydrogen-bond acceptors (Lipinski definition) is 6. The van der Waals surface area contributed by atoms with Gasteiger partial charge in [-0.25, -0.2) is 0 Å². The Labute approximate surface area is 194 Å². The predicted octanol–water partition coefficient (Wildman–Crippen LogP) is 1.80. The minimum Gasteiger partial charge on any atom is -0.495 e. The van der Waals surface area contributed by atoms with E-state index >= 15 is 0 Å². The monoisotopic (exact) mass is 455 g/mol. The molecule has 2 heterocycles. The Morgan fingerprint density at radius 1 is 1.27 bits per heavy atom. The summed E-state index contributed by atoms with van der Waals surface area (Å²) in [6.45, 7) is 11.6. The third-order valence-electron chi connectivity index (χ3n) is 6.94. The fourth-order valence-corrected chi connectivity index (χ4v) is 4.95. The molecule has 9 heteroatoms. The number of amides is 3. The lowest BCUT2D eigenvalue weighted by Gasteiger charge is -2.37. The summed E-state index contributed by atoms with van der Waals surface area (Å²) in [5.74, 6) is -0.310. The van der Waals surface area contributed by atoms with Crippen molar-refractivity contribution in [1.82, 2.24) is 20.5 Å². The summed E-state index contributed by atoms with van der Waals surface area (Å²) in [5, 5.41) is 15.3. The van der Waals surface area contributed by atoms with Crippen LogP contribution in [0, 0.1) is 34.0 Å². The molecule has 1 aromatic rings. The third-order valence-corrected chi connectivity index (χ3v) is 6.94. The molecule has 2 fully saturated rings. The molecule has 1 aromatic heterocycles. The number of fused-ring (bicyclic) bond motifs is 1. The zero-order valence-electron chi connectivity index (χ0n) is 20.3. The number of carbonyl (C=O) groups is 3. The number of piperidine rings is 1. The molecule has 0 spiro atoms. The van der Waals surface area contributed by atoms with Crippen molar-refractivity contribution in [3.8, 4) is 11.8 Å². The van der Waals surface area contributed by atoms with E-state index in [1.807, 2.05) is 20.8 Å². The highest BCUT2D eigenvalue weighted by atomic mass is 16.5. The van der Waals surface area contributed by atoms with Crippen LogP contribution in [0.2, 0.25) is 0 Å². The highest BCUT2D eigenvalue weighted by Gasteiger charge is 2.69. The zero-order valence-corrected chi connectivity index (χ0v) is 20.3. The molecule has 1 saturated carbocycles. The minimum atomic E-state index is -0.938. The SMILES string of the molecule is COc1cncc(C(C#N)NC(=O)[C@@H]2[C@@H]3[C@H](CN2C(=O)C(NC(C)=O)C(C)(C)C)C3(C)C)c1. The second kappa shape index (κ2) is 8.65. The van der Waals surface area contributed by atoms with E-state index in [0.29, 0.717) is 17.9 Å². The van der Waals surface area contributed by atoms with E-state index in [0.717, 1.165) is 0 Å². The average molecular weight is 456 g/mol. The molecule has 0 aromatic carbocycles. The topological polar surface area (TPSA) is 124 Å². The standard InChI is InChI=1S/C24H33N5O4/c1-13(30)27-20(23(2,3)4)22(32)29-12-16-18(24(16,5)6)19(29)21(31)28-17(9-25)14-8-15(33-7)11-26-10-14/h8,10-11,16-20H,12H2,1-7H3,(H,27,30)(H,28,31)/t16-,17?,18-,19-,20?/m0/s1. The van der Waals surface area contributed by atoms with Gasteiger partial charge in [0.15, 0.2) is 0 Å². The van der Waals surface area contributed by atoms with Crippen LogP contribution in [0.1, 0.15) is 53.1 Å². The Kier molecular flexibility index (Phi) is 6.42. The molecule has 0 bridgehead atoms. The molecule has 2 unspecified atom stereocenters. The number of ether oxygens (including phenoxy) is 1. The van der Waals surface area contributed by atoms with Crippen LogP contribution in [0.3, 0.4) is 0 Å². The van der Waals surface area contributed by atoms with Crippen molar-refractivity contribution < 1.29 is 19.1 Å².